The molecule has 1 fully saturated rings. The molecule has 0 bridgehead atoms. The minimum atomic E-state index is -3.97. The number of nitrogens with zero attached hydrogens (tertiary/aromatic N) is 3. The summed E-state index contributed by atoms with van der Waals surface area (Å²) in [7, 11) is 4.19. The van der Waals surface area contributed by atoms with Gasteiger partial charge >= 0.3 is 0 Å². The maximum absolute atomic E-state index is 15.4. The summed E-state index contributed by atoms with van der Waals surface area (Å²) in [6.45, 7) is 4.09. The normalized spacial score (nSPS) is 22.7. The monoisotopic (exact) mass is 939 g/mol. The van der Waals surface area contributed by atoms with Crippen LogP contribution in [0.3, 0.4) is 0 Å². The van der Waals surface area contributed by atoms with Gasteiger partial charge in [0.25, 0.3) is 5.91 Å². The second-order valence-corrected chi connectivity index (χ2v) is 19.7. The van der Waals surface area contributed by atoms with Gasteiger partial charge in [0.1, 0.15) is 5.75 Å². The summed E-state index contributed by atoms with van der Waals surface area (Å²) in [5, 5.41) is 9.89. The van der Waals surface area contributed by atoms with E-state index in [4.69, 9.17) is 33.2 Å². The maximum Gasteiger partial charge on any atom is 0.289 e. The number of ether oxygens (including phenoxy) is 7. The Morgan fingerprint density at radius 1 is 0.776 bits per heavy atom. The van der Waals surface area contributed by atoms with E-state index in [1.165, 1.54) is 34.7 Å². The molecule has 0 aromatic heterocycles. The van der Waals surface area contributed by atoms with Crippen LogP contribution in [0.15, 0.2) is 95.6 Å². The number of benzene rings is 4. The second-order valence-electron chi connectivity index (χ2n) is 17.7. The number of aliphatic hydroxyl groups is 1. The molecule has 4 heterocycles. The first kappa shape index (κ1) is 48.1. The fraction of sp³-hybridized carbons (Fsp3) is 0.481. The average Bonchev–Trinajstić information content (AvgIpc) is 3.37. The van der Waals surface area contributed by atoms with Crippen LogP contribution in [0.4, 0.5) is 0 Å². The molecule has 4 aromatic carbocycles. The summed E-state index contributed by atoms with van der Waals surface area (Å²) in [5.41, 5.74) is 5.73. The first-order valence-corrected chi connectivity index (χ1v) is 24.8. The van der Waals surface area contributed by atoms with Crippen molar-refractivity contribution in [2.24, 2.45) is 11.8 Å². The molecule has 8 rings (SSSR count). The van der Waals surface area contributed by atoms with Gasteiger partial charge in [-0.1, -0.05) is 43.7 Å². The van der Waals surface area contributed by atoms with E-state index in [9.17, 15) is 13.5 Å². The highest BCUT2D eigenvalue weighted by Gasteiger charge is 2.43. The first-order valence-electron chi connectivity index (χ1n) is 23.4. The Kier molecular flexibility index (Phi) is 15.3. The lowest BCUT2D eigenvalue weighted by atomic mass is 9.72. The number of amides is 1. The van der Waals surface area contributed by atoms with Crippen molar-refractivity contribution in [2.75, 3.05) is 81.5 Å². The summed E-state index contributed by atoms with van der Waals surface area (Å²) in [6, 6.07) is 24.4. The predicted molar refractivity (Wildman–Crippen MR) is 253 cm³/mol. The van der Waals surface area contributed by atoms with Crippen LogP contribution in [0.25, 0.3) is 0 Å². The maximum atomic E-state index is 15.4. The third kappa shape index (κ3) is 10.1. The molecular weight excluding hydrogens is 875 g/mol. The van der Waals surface area contributed by atoms with Crippen LogP contribution in [0.2, 0.25) is 0 Å². The summed E-state index contributed by atoms with van der Waals surface area (Å²) >= 11 is 0. The summed E-state index contributed by atoms with van der Waals surface area (Å²) in [6.07, 6.45) is 5.70. The van der Waals surface area contributed by atoms with E-state index in [1.54, 1.807) is 40.6 Å². The van der Waals surface area contributed by atoms with Gasteiger partial charge in [0.2, 0.25) is 16.3 Å². The van der Waals surface area contributed by atoms with Crippen LogP contribution in [0.1, 0.15) is 78.4 Å². The molecule has 0 aliphatic carbocycles. The Balaban J connectivity index is 1.09. The Morgan fingerprint density at radius 3 is 2.06 bits per heavy atom. The number of sulfonamides is 1. The highest BCUT2D eigenvalue weighted by Crippen LogP contribution is 2.50. The molecular formula is C52H65N3O11S. The van der Waals surface area contributed by atoms with Crippen molar-refractivity contribution in [3.05, 3.63) is 119 Å². The van der Waals surface area contributed by atoms with Gasteiger partial charge in [0, 0.05) is 51.1 Å². The van der Waals surface area contributed by atoms with Crippen molar-refractivity contribution >= 4 is 15.9 Å². The van der Waals surface area contributed by atoms with Crippen molar-refractivity contribution < 1.29 is 51.5 Å². The molecule has 1 N–H and O–H groups in total. The molecule has 15 heteroatoms. The van der Waals surface area contributed by atoms with Crippen LogP contribution in [0.5, 0.6) is 28.7 Å². The number of methoxy groups -OCH3 is 5. The largest absolute Gasteiger partial charge is 0.497 e. The molecule has 1 amide bonds. The first-order chi connectivity index (χ1) is 32.5. The number of hydrogen-bond donors (Lipinski definition) is 1. The van der Waals surface area contributed by atoms with Gasteiger partial charge in [-0.3, -0.25) is 9.69 Å². The highest BCUT2D eigenvalue weighted by atomic mass is 32.2. The van der Waals surface area contributed by atoms with Crippen molar-refractivity contribution in [2.45, 2.75) is 74.6 Å². The van der Waals surface area contributed by atoms with Crippen molar-refractivity contribution in [3.8, 4) is 28.7 Å². The minimum Gasteiger partial charge on any atom is -0.497 e. The second kappa shape index (κ2) is 21.3. The average molecular weight is 940 g/mol. The number of hydrogen-bond acceptors (Lipinski definition) is 12. The molecule has 14 nitrogen and oxygen atoms in total. The Hall–Kier alpha value is -5.32. The molecule has 6 atom stereocenters. The zero-order valence-corrected chi connectivity index (χ0v) is 40.3. The predicted octanol–water partition coefficient (Wildman–Crippen LogP) is 7.30. The zero-order chi connectivity index (χ0) is 47.2. The number of aliphatic hydroxyl groups excluding tert-OH is 1. The van der Waals surface area contributed by atoms with Crippen LogP contribution >= 0.6 is 0 Å². The quantitative estimate of drug-likeness (QED) is 0.107. The van der Waals surface area contributed by atoms with Gasteiger partial charge in [0.05, 0.1) is 59.7 Å². The fourth-order valence-electron chi connectivity index (χ4n) is 10.7. The van der Waals surface area contributed by atoms with Crippen LogP contribution in [-0.2, 0) is 37.1 Å². The van der Waals surface area contributed by atoms with E-state index >= 15 is 4.79 Å². The molecule has 6 unspecified atom stereocenters. The van der Waals surface area contributed by atoms with Crippen LogP contribution in [-0.4, -0.2) is 121 Å². The summed E-state index contributed by atoms with van der Waals surface area (Å²) < 4.78 is 69.9. The lowest BCUT2D eigenvalue weighted by Gasteiger charge is -2.49. The summed E-state index contributed by atoms with van der Waals surface area (Å²) in [4.78, 5) is 20.0. The molecule has 0 saturated carbocycles. The van der Waals surface area contributed by atoms with E-state index in [-0.39, 0.29) is 66.8 Å². The molecule has 0 radical (unpaired) electrons. The fourth-order valence-corrected chi connectivity index (χ4v) is 12.1. The highest BCUT2D eigenvalue weighted by molar-refractivity contribution is 7.89. The van der Waals surface area contributed by atoms with Crippen molar-refractivity contribution in [3.63, 3.8) is 0 Å². The molecule has 4 aliphatic rings. The molecule has 360 valence electrons. The van der Waals surface area contributed by atoms with Gasteiger partial charge < -0.3 is 43.2 Å². The lowest BCUT2D eigenvalue weighted by molar-refractivity contribution is -0.155. The number of piperidine rings is 1. The summed E-state index contributed by atoms with van der Waals surface area (Å²) in [5.74, 6) is 3.70. The molecule has 1 saturated heterocycles. The Morgan fingerprint density at radius 2 is 1.42 bits per heavy atom. The topological polar surface area (TPSA) is 146 Å². The van der Waals surface area contributed by atoms with Gasteiger partial charge in [-0.15, -0.1) is 0 Å². The number of fused-ring (bicyclic) bond motifs is 4. The van der Waals surface area contributed by atoms with Crippen molar-refractivity contribution in [1.29, 1.82) is 0 Å². The van der Waals surface area contributed by atoms with Crippen LogP contribution < -0.4 is 23.7 Å². The Labute approximate surface area is 395 Å². The van der Waals surface area contributed by atoms with Gasteiger partial charge in [-0.05, 0) is 120 Å². The number of carbonyl (C=O) groups excluding carboxylic acids is 1. The smallest absolute Gasteiger partial charge is 0.289 e. The number of rotatable bonds is 18. The lowest BCUT2D eigenvalue weighted by Crippen LogP contribution is -2.48. The SMILES string of the molecule is CCC1CN2CCc3cc(OC)c(OC)cc3C2CC1CC1c2cc(OC)c(OC)cc2CCN1C(=O)C1=CC(c2ccccc2)CC(OCCN(CCO)S(=O)(=O)c2ccc(OC)cc2)O1. The molecule has 67 heavy (non-hydrogen) atoms. The zero-order valence-electron chi connectivity index (χ0n) is 39.5. The van der Waals surface area contributed by atoms with E-state index in [2.05, 4.69) is 30.0 Å². The third-order valence-electron chi connectivity index (χ3n) is 14.3. The van der Waals surface area contributed by atoms with Gasteiger partial charge in [0.15, 0.2) is 28.8 Å². The molecule has 4 aromatic rings. The number of allylic oxidation sites excluding steroid dienone is 1. The Bertz CT molecular complexity index is 2480. The standard InChI is InChI=1S/C52H65N3O11S/c1-7-34-33-53-19-17-36-27-46(61-3)48(63-5)31-42(36)44(53)25-38(34)26-45-43-32-49(64-6)47(62-4)28-37(43)18-20-55(45)52(57)50-29-39(35-11-9-8-10-12-35)30-51(66-50)65-24-22-54(21-23-56)67(58,59)41-15-13-40(60-2)14-16-41/h8-16,27-29,31-32,34,38-39,44-45,51,56H,7,17-26,30,33H2,1-6H3. The van der Waals surface area contributed by atoms with E-state index < -0.39 is 16.3 Å². The number of carbonyl (C=O) groups is 1. The molecule has 4 aliphatic heterocycles. The molecule has 0 spiro atoms. The van der Waals surface area contributed by atoms with Gasteiger partial charge in [-0.25, -0.2) is 8.42 Å². The van der Waals surface area contributed by atoms with Crippen LogP contribution in [0, 0.1) is 11.8 Å². The van der Waals surface area contributed by atoms with Gasteiger partial charge in [-0.2, -0.15) is 4.31 Å². The van der Waals surface area contributed by atoms with E-state index in [1.807, 2.05) is 47.4 Å². The van der Waals surface area contributed by atoms with E-state index in [0.717, 1.165) is 67.0 Å². The third-order valence-corrected chi connectivity index (χ3v) is 16.2. The van der Waals surface area contributed by atoms with Crippen molar-refractivity contribution in [1.82, 2.24) is 14.1 Å². The van der Waals surface area contributed by atoms with E-state index in [0.29, 0.717) is 42.6 Å². The minimum absolute atomic E-state index is 0.0373.